The average molecular weight is 459 g/mol. The van der Waals surface area contributed by atoms with Crippen LogP contribution in [0.3, 0.4) is 0 Å². The topological polar surface area (TPSA) is 77.4 Å². The third-order valence-electron chi connectivity index (χ3n) is 5.72. The maximum absolute atomic E-state index is 11.5. The third kappa shape index (κ3) is 24.0. The minimum atomic E-state index is -4.15. The molecule has 0 aliphatic carbocycles. The van der Waals surface area contributed by atoms with E-state index in [0.29, 0.717) is 19.4 Å². The Kier molecular flexibility index (Phi) is 27.2. The number of hydrogen-bond donors (Lipinski definition) is 1. The summed E-state index contributed by atoms with van der Waals surface area (Å²) in [5.74, 6) is 0. The van der Waals surface area contributed by atoms with Gasteiger partial charge in [-0.3, -0.25) is 0 Å². The van der Waals surface area contributed by atoms with Crippen LogP contribution in [0.2, 0.25) is 0 Å². The normalized spacial score (nSPS) is 12.7. The van der Waals surface area contributed by atoms with Crippen LogP contribution in [0, 0.1) is 0 Å². The fourth-order valence-corrected chi connectivity index (χ4v) is 4.75. The summed E-state index contributed by atoms with van der Waals surface area (Å²) in [6.07, 6.45) is 21.8. The predicted octanol–water partition coefficient (Wildman–Crippen LogP) is 3.72. The van der Waals surface area contributed by atoms with E-state index in [4.69, 9.17) is 5.11 Å². The minimum Gasteiger partial charge on any atom is -0.748 e. The molecule has 0 saturated heterocycles. The van der Waals surface area contributed by atoms with Crippen LogP contribution in [0.4, 0.5) is 0 Å². The van der Waals surface area contributed by atoms with Crippen LogP contribution in [-0.4, -0.2) is 29.9 Å². The monoisotopic (exact) mass is 458 g/mol. The van der Waals surface area contributed by atoms with Gasteiger partial charge in [0.05, 0.1) is 10.1 Å². The molecule has 0 saturated carbocycles. The van der Waals surface area contributed by atoms with E-state index in [1.54, 1.807) is 0 Å². The van der Waals surface area contributed by atoms with Crippen molar-refractivity contribution in [2.75, 3.05) is 6.61 Å². The molecule has 0 aliphatic heterocycles. The maximum atomic E-state index is 11.5. The maximum Gasteiger partial charge on any atom is 1.00 e. The number of hydrogen-bond acceptors (Lipinski definition) is 4. The fraction of sp³-hybridized carbons (Fsp3) is 1.00. The standard InChI is InChI=1S/C23H48O4S.K/c1-2-3-4-5-6-8-11-14-17-20-23(28(25,26)27)21-18-15-12-9-7-10-13-16-19-22-24;/h23-24H,2-22H2,1H3,(H,25,26,27);/q;+1/p-1. The summed E-state index contributed by atoms with van der Waals surface area (Å²) in [6.45, 7) is 2.52. The van der Waals surface area contributed by atoms with Crippen LogP contribution in [0.25, 0.3) is 0 Å². The molecule has 170 valence electrons. The Morgan fingerprint density at radius 1 is 0.621 bits per heavy atom. The summed E-state index contributed by atoms with van der Waals surface area (Å²) in [5.41, 5.74) is 0. The van der Waals surface area contributed by atoms with Gasteiger partial charge < -0.3 is 9.66 Å². The van der Waals surface area contributed by atoms with E-state index >= 15 is 0 Å². The van der Waals surface area contributed by atoms with Crippen molar-refractivity contribution in [3.63, 3.8) is 0 Å². The van der Waals surface area contributed by atoms with E-state index in [0.717, 1.165) is 51.4 Å². The Morgan fingerprint density at radius 3 is 1.24 bits per heavy atom. The van der Waals surface area contributed by atoms with Gasteiger partial charge in [0.2, 0.25) is 0 Å². The van der Waals surface area contributed by atoms with E-state index in [-0.39, 0.29) is 51.4 Å². The molecule has 0 spiro atoms. The molecular weight excluding hydrogens is 411 g/mol. The molecule has 0 fully saturated rings. The van der Waals surface area contributed by atoms with Gasteiger partial charge in [-0.25, -0.2) is 8.42 Å². The molecule has 4 nitrogen and oxygen atoms in total. The number of unbranched alkanes of at least 4 members (excludes halogenated alkanes) is 16. The molecule has 0 heterocycles. The first-order valence-corrected chi connectivity index (χ1v) is 13.5. The van der Waals surface area contributed by atoms with E-state index in [1.165, 1.54) is 64.2 Å². The minimum absolute atomic E-state index is 0. The summed E-state index contributed by atoms with van der Waals surface area (Å²) >= 11 is 0. The summed E-state index contributed by atoms with van der Waals surface area (Å²) in [7, 11) is -4.15. The largest absolute Gasteiger partial charge is 1.00 e. The van der Waals surface area contributed by atoms with Gasteiger partial charge in [0.1, 0.15) is 0 Å². The number of rotatable bonds is 22. The Hall–Kier alpha value is 1.51. The molecule has 0 amide bonds. The van der Waals surface area contributed by atoms with E-state index in [2.05, 4.69) is 6.92 Å². The Labute approximate surface area is 224 Å². The van der Waals surface area contributed by atoms with Crippen molar-refractivity contribution < 1.29 is 69.5 Å². The van der Waals surface area contributed by atoms with Gasteiger partial charge in [-0.15, -0.1) is 0 Å². The molecule has 0 aromatic rings. The molecule has 0 bridgehead atoms. The zero-order valence-corrected chi connectivity index (χ0v) is 23.4. The Balaban J connectivity index is 0. The van der Waals surface area contributed by atoms with Gasteiger partial charge in [0, 0.05) is 11.9 Å². The van der Waals surface area contributed by atoms with Crippen molar-refractivity contribution in [1.29, 1.82) is 0 Å². The van der Waals surface area contributed by atoms with E-state index < -0.39 is 15.4 Å². The van der Waals surface area contributed by atoms with Crippen LogP contribution in [0.15, 0.2) is 0 Å². The zero-order chi connectivity index (χ0) is 20.9. The van der Waals surface area contributed by atoms with Crippen LogP contribution < -0.4 is 51.4 Å². The van der Waals surface area contributed by atoms with Crippen LogP contribution in [0.1, 0.15) is 135 Å². The quantitative estimate of drug-likeness (QED) is 0.152. The van der Waals surface area contributed by atoms with Gasteiger partial charge in [-0.05, 0) is 19.3 Å². The second-order valence-electron chi connectivity index (χ2n) is 8.43. The fourth-order valence-electron chi connectivity index (χ4n) is 3.84. The first kappa shape index (κ1) is 32.7. The number of aliphatic hydroxyl groups is 1. The SMILES string of the molecule is CCCCCCCCCCCC(CCCCCCCCCCCO)S(=O)(=O)[O-].[K+]. The van der Waals surface area contributed by atoms with Crippen molar-refractivity contribution in [3.05, 3.63) is 0 Å². The molecule has 0 radical (unpaired) electrons. The molecule has 1 N–H and O–H groups in total. The Bertz CT molecular complexity index is 415. The summed E-state index contributed by atoms with van der Waals surface area (Å²) in [5, 5.41) is 8.06. The molecule has 0 aromatic carbocycles. The van der Waals surface area contributed by atoms with Gasteiger partial charge >= 0.3 is 51.4 Å². The molecular formula is C23H47KO4S. The van der Waals surface area contributed by atoms with Crippen molar-refractivity contribution >= 4 is 10.1 Å². The van der Waals surface area contributed by atoms with Crippen molar-refractivity contribution in [1.82, 2.24) is 0 Å². The second kappa shape index (κ2) is 24.2. The molecule has 0 aliphatic rings. The molecule has 0 aromatic heterocycles. The van der Waals surface area contributed by atoms with E-state index in [1.807, 2.05) is 0 Å². The van der Waals surface area contributed by atoms with Crippen molar-refractivity contribution in [2.24, 2.45) is 0 Å². The summed E-state index contributed by atoms with van der Waals surface area (Å²) in [4.78, 5) is 0. The predicted molar refractivity (Wildman–Crippen MR) is 119 cm³/mol. The second-order valence-corrected chi connectivity index (χ2v) is 10.1. The van der Waals surface area contributed by atoms with Crippen LogP contribution in [-0.2, 0) is 10.1 Å². The molecule has 1 atom stereocenters. The molecule has 1 unspecified atom stereocenters. The van der Waals surface area contributed by atoms with Crippen LogP contribution in [0.5, 0.6) is 0 Å². The smallest absolute Gasteiger partial charge is 0.748 e. The molecule has 29 heavy (non-hydrogen) atoms. The first-order valence-electron chi connectivity index (χ1n) is 12.1. The summed E-state index contributed by atoms with van der Waals surface area (Å²) < 4.78 is 34.5. The molecule has 6 heteroatoms. The number of aliphatic hydroxyl groups excluding tert-OH is 1. The Morgan fingerprint density at radius 2 is 0.931 bits per heavy atom. The van der Waals surface area contributed by atoms with Crippen molar-refractivity contribution in [3.8, 4) is 0 Å². The van der Waals surface area contributed by atoms with Gasteiger partial charge in [-0.1, -0.05) is 116 Å². The molecule has 0 rings (SSSR count). The van der Waals surface area contributed by atoms with E-state index in [9.17, 15) is 13.0 Å². The zero-order valence-electron chi connectivity index (χ0n) is 19.5. The van der Waals surface area contributed by atoms with Crippen molar-refractivity contribution in [2.45, 2.75) is 141 Å². The first-order chi connectivity index (χ1) is 13.5. The average Bonchev–Trinajstić information content (AvgIpc) is 2.65. The van der Waals surface area contributed by atoms with Gasteiger partial charge in [0.15, 0.2) is 0 Å². The summed E-state index contributed by atoms with van der Waals surface area (Å²) in [6, 6.07) is 0. The van der Waals surface area contributed by atoms with Gasteiger partial charge in [-0.2, -0.15) is 0 Å². The van der Waals surface area contributed by atoms with Crippen LogP contribution >= 0.6 is 0 Å². The van der Waals surface area contributed by atoms with Gasteiger partial charge in [0.25, 0.3) is 0 Å². The third-order valence-corrected chi connectivity index (χ3v) is 7.01.